The van der Waals surface area contributed by atoms with Crippen LogP contribution in [0.15, 0.2) is 36.4 Å². The van der Waals surface area contributed by atoms with Crippen LogP contribution >= 0.6 is 34.5 Å². The molecule has 0 aliphatic heterocycles. The van der Waals surface area contributed by atoms with Crippen LogP contribution in [0.5, 0.6) is 5.75 Å². The molecular formula is C12H10Cl2OS. The van der Waals surface area contributed by atoms with Gasteiger partial charge >= 0.3 is 0 Å². The van der Waals surface area contributed by atoms with Gasteiger partial charge in [-0.15, -0.1) is 22.9 Å². The molecule has 0 saturated carbocycles. The van der Waals surface area contributed by atoms with Gasteiger partial charge in [0.1, 0.15) is 5.75 Å². The van der Waals surface area contributed by atoms with Crippen LogP contribution in [0, 0.1) is 0 Å². The zero-order valence-corrected chi connectivity index (χ0v) is 10.9. The normalized spacial score (nSPS) is 12.4. The molecule has 0 spiro atoms. The van der Waals surface area contributed by atoms with Gasteiger partial charge in [-0.1, -0.05) is 23.7 Å². The highest BCUT2D eigenvalue weighted by molar-refractivity contribution is 7.16. The topological polar surface area (TPSA) is 9.23 Å². The number of ether oxygens (including phenoxy) is 1. The van der Waals surface area contributed by atoms with E-state index in [1.807, 2.05) is 36.4 Å². The maximum Gasteiger partial charge on any atom is 0.119 e. The summed E-state index contributed by atoms with van der Waals surface area (Å²) in [5.74, 6) is 0.811. The van der Waals surface area contributed by atoms with Crippen molar-refractivity contribution in [1.82, 2.24) is 0 Å². The highest BCUT2D eigenvalue weighted by atomic mass is 35.5. The minimum absolute atomic E-state index is 0.174. The van der Waals surface area contributed by atoms with Gasteiger partial charge < -0.3 is 4.74 Å². The molecule has 1 atom stereocenters. The summed E-state index contributed by atoms with van der Waals surface area (Å²) in [6.45, 7) is 0. The Morgan fingerprint density at radius 3 is 2.69 bits per heavy atom. The predicted molar refractivity (Wildman–Crippen MR) is 70.0 cm³/mol. The zero-order valence-electron chi connectivity index (χ0n) is 8.61. The molecule has 0 N–H and O–H groups in total. The Morgan fingerprint density at radius 1 is 1.25 bits per heavy atom. The molecule has 1 nitrogen and oxygen atoms in total. The summed E-state index contributed by atoms with van der Waals surface area (Å²) in [6, 6.07) is 11.5. The van der Waals surface area contributed by atoms with Gasteiger partial charge in [0.25, 0.3) is 0 Å². The molecular weight excluding hydrogens is 263 g/mol. The van der Waals surface area contributed by atoms with E-state index in [-0.39, 0.29) is 5.38 Å². The van der Waals surface area contributed by atoms with Gasteiger partial charge in [0.05, 0.1) is 16.8 Å². The van der Waals surface area contributed by atoms with E-state index in [1.165, 1.54) is 11.3 Å². The predicted octanol–water partition coefficient (Wildman–Crippen LogP) is 4.74. The van der Waals surface area contributed by atoms with Crippen LogP contribution in [-0.2, 0) is 0 Å². The average Bonchev–Trinajstić information content (AvgIpc) is 2.75. The monoisotopic (exact) mass is 272 g/mol. The molecule has 0 aliphatic rings. The number of halogens is 2. The van der Waals surface area contributed by atoms with E-state index in [9.17, 15) is 0 Å². The van der Waals surface area contributed by atoms with Gasteiger partial charge in [0, 0.05) is 4.88 Å². The van der Waals surface area contributed by atoms with Crippen molar-refractivity contribution in [2.75, 3.05) is 7.11 Å². The van der Waals surface area contributed by atoms with Gasteiger partial charge in [0.15, 0.2) is 0 Å². The third-order valence-corrected chi connectivity index (χ3v) is 4.14. The molecule has 84 valence electrons. The fourth-order valence-electron chi connectivity index (χ4n) is 1.43. The second-order valence-electron chi connectivity index (χ2n) is 3.28. The first-order valence-corrected chi connectivity index (χ1v) is 6.37. The van der Waals surface area contributed by atoms with Crippen molar-refractivity contribution < 1.29 is 4.74 Å². The number of alkyl halides is 1. The lowest BCUT2D eigenvalue weighted by Crippen LogP contribution is -1.91. The summed E-state index contributed by atoms with van der Waals surface area (Å²) in [5, 5.41) is -0.174. The Kier molecular flexibility index (Phi) is 3.74. The minimum Gasteiger partial charge on any atom is -0.497 e. The molecule has 0 aliphatic carbocycles. The van der Waals surface area contributed by atoms with Crippen LogP contribution in [0.1, 0.15) is 15.8 Å². The molecule has 1 heterocycles. The third-order valence-electron chi connectivity index (χ3n) is 2.23. The number of hydrogen-bond donors (Lipinski definition) is 0. The first-order chi connectivity index (χ1) is 7.70. The largest absolute Gasteiger partial charge is 0.497 e. The zero-order chi connectivity index (χ0) is 11.5. The Morgan fingerprint density at radius 2 is 2.06 bits per heavy atom. The molecule has 16 heavy (non-hydrogen) atoms. The molecule has 1 aromatic carbocycles. The van der Waals surface area contributed by atoms with E-state index in [0.29, 0.717) is 0 Å². The minimum atomic E-state index is -0.174. The van der Waals surface area contributed by atoms with E-state index in [0.717, 1.165) is 20.5 Å². The summed E-state index contributed by atoms with van der Waals surface area (Å²) in [5.41, 5.74) is 1.01. The summed E-state index contributed by atoms with van der Waals surface area (Å²) >= 11 is 13.8. The highest BCUT2D eigenvalue weighted by Crippen LogP contribution is 2.36. The van der Waals surface area contributed by atoms with Gasteiger partial charge in [0.2, 0.25) is 0 Å². The molecule has 2 rings (SSSR count). The van der Waals surface area contributed by atoms with Gasteiger partial charge in [-0.05, 0) is 29.8 Å². The van der Waals surface area contributed by atoms with E-state index in [1.54, 1.807) is 7.11 Å². The molecule has 4 heteroatoms. The van der Waals surface area contributed by atoms with Crippen LogP contribution in [0.4, 0.5) is 0 Å². The van der Waals surface area contributed by atoms with Crippen molar-refractivity contribution in [3.05, 3.63) is 51.2 Å². The van der Waals surface area contributed by atoms with Crippen LogP contribution in [0.3, 0.4) is 0 Å². The summed E-state index contributed by atoms with van der Waals surface area (Å²) in [4.78, 5) is 1.04. The lowest BCUT2D eigenvalue weighted by molar-refractivity contribution is 0.414. The van der Waals surface area contributed by atoms with Gasteiger partial charge in [-0.25, -0.2) is 0 Å². The summed E-state index contributed by atoms with van der Waals surface area (Å²) in [6.07, 6.45) is 0. The van der Waals surface area contributed by atoms with Crippen LogP contribution in [0.2, 0.25) is 4.34 Å². The standard InChI is InChI=1S/C12H10Cl2OS/c1-15-9-4-2-3-8(7-9)12(14)10-5-6-11(13)16-10/h2-7,12H,1H3. The first-order valence-electron chi connectivity index (χ1n) is 4.74. The fourth-order valence-corrected chi connectivity index (χ4v) is 2.84. The molecule has 0 bridgehead atoms. The fraction of sp³-hybridized carbons (Fsp3) is 0.167. The van der Waals surface area contributed by atoms with Crippen molar-refractivity contribution in [1.29, 1.82) is 0 Å². The smallest absolute Gasteiger partial charge is 0.119 e. The first kappa shape index (κ1) is 11.8. The maximum absolute atomic E-state index is 6.37. The second kappa shape index (κ2) is 5.09. The Bertz CT molecular complexity index is 481. The SMILES string of the molecule is COc1cccc(C(Cl)c2ccc(Cl)s2)c1. The van der Waals surface area contributed by atoms with Crippen LogP contribution in [-0.4, -0.2) is 7.11 Å². The molecule has 0 radical (unpaired) electrons. The Balaban J connectivity index is 2.29. The molecule has 2 aromatic rings. The van der Waals surface area contributed by atoms with Crippen LogP contribution in [0.25, 0.3) is 0 Å². The summed E-state index contributed by atoms with van der Waals surface area (Å²) < 4.78 is 5.92. The van der Waals surface area contributed by atoms with Crippen molar-refractivity contribution in [2.45, 2.75) is 5.38 Å². The molecule has 0 fully saturated rings. The lowest BCUT2D eigenvalue weighted by atomic mass is 10.1. The molecule has 0 saturated heterocycles. The average molecular weight is 273 g/mol. The summed E-state index contributed by atoms with van der Waals surface area (Å²) in [7, 11) is 1.64. The van der Waals surface area contributed by atoms with Crippen LogP contribution < -0.4 is 4.74 Å². The van der Waals surface area contributed by atoms with Crippen molar-refractivity contribution in [3.63, 3.8) is 0 Å². The van der Waals surface area contributed by atoms with E-state index in [4.69, 9.17) is 27.9 Å². The highest BCUT2D eigenvalue weighted by Gasteiger charge is 2.13. The Hall–Kier alpha value is -0.700. The van der Waals surface area contributed by atoms with Gasteiger partial charge in [-0.2, -0.15) is 0 Å². The second-order valence-corrected chi connectivity index (χ2v) is 5.46. The molecule has 1 aromatic heterocycles. The third kappa shape index (κ3) is 2.51. The van der Waals surface area contributed by atoms with E-state index >= 15 is 0 Å². The van der Waals surface area contributed by atoms with E-state index in [2.05, 4.69) is 0 Å². The number of thiophene rings is 1. The number of benzene rings is 1. The van der Waals surface area contributed by atoms with Gasteiger partial charge in [-0.3, -0.25) is 0 Å². The van der Waals surface area contributed by atoms with E-state index < -0.39 is 0 Å². The number of hydrogen-bond acceptors (Lipinski definition) is 2. The Labute approximate surface area is 109 Å². The number of rotatable bonds is 3. The van der Waals surface area contributed by atoms with Crippen molar-refractivity contribution in [3.8, 4) is 5.75 Å². The molecule has 0 amide bonds. The number of methoxy groups -OCH3 is 1. The quantitative estimate of drug-likeness (QED) is 0.734. The van der Waals surface area contributed by atoms with Crippen molar-refractivity contribution in [2.24, 2.45) is 0 Å². The maximum atomic E-state index is 6.37. The molecule has 1 unspecified atom stereocenters. The lowest BCUT2D eigenvalue weighted by Gasteiger charge is -2.09. The van der Waals surface area contributed by atoms with Crippen molar-refractivity contribution >= 4 is 34.5 Å².